The van der Waals surface area contributed by atoms with E-state index in [0.29, 0.717) is 13.0 Å². The molecule has 0 saturated carbocycles. The van der Waals surface area contributed by atoms with Crippen LogP contribution in [-0.4, -0.2) is 37.1 Å². The van der Waals surface area contributed by atoms with Gasteiger partial charge in [0.05, 0.1) is 6.33 Å². The summed E-state index contributed by atoms with van der Waals surface area (Å²) >= 11 is 0. The van der Waals surface area contributed by atoms with Gasteiger partial charge in [0, 0.05) is 49.2 Å². The van der Waals surface area contributed by atoms with Crippen molar-refractivity contribution in [3.05, 3.63) is 77.9 Å². The molecular weight excluding hydrogens is 330 g/mol. The largest absolute Gasteiger partial charge is 0.480 e. The van der Waals surface area contributed by atoms with Crippen LogP contribution in [0, 0.1) is 0 Å². The zero-order chi connectivity index (χ0) is 18.2. The molecule has 7 heteroatoms. The van der Waals surface area contributed by atoms with Crippen molar-refractivity contribution in [2.75, 3.05) is 0 Å². The van der Waals surface area contributed by atoms with Gasteiger partial charge in [-0.05, 0) is 12.0 Å². The molecule has 1 atom stereocenters. The minimum Gasteiger partial charge on any atom is -0.480 e. The summed E-state index contributed by atoms with van der Waals surface area (Å²) in [5, 5.41) is 12.4. The van der Waals surface area contributed by atoms with E-state index in [0.717, 1.165) is 29.9 Å². The van der Waals surface area contributed by atoms with Gasteiger partial charge in [-0.2, -0.15) is 0 Å². The topological polar surface area (TPSA) is 104 Å². The van der Waals surface area contributed by atoms with Crippen molar-refractivity contribution in [1.29, 1.82) is 0 Å². The molecule has 0 spiro atoms. The lowest BCUT2D eigenvalue weighted by atomic mass is 10.1. The fraction of sp³-hybridized carbons (Fsp3) is 0.263. The molecule has 0 aliphatic heterocycles. The SMILES string of the molecule is O=C(O)[C@H](Cc1cnc[nH]1)NCc1cnc(CCc2ccccc2)nc1. The number of aromatic nitrogens is 4. The van der Waals surface area contributed by atoms with Gasteiger partial charge in [0.15, 0.2) is 0 Å². The van der Waals surface area contributed by atoms with Crippen molar-refractivity contribution in [1.82, 2.24) is 25.3 Å². The van der Waals surface area contributed by atoms with Crippen LogP contribution in [0.1, 0.15) is 22.6 Å². The Hall–Kier alpha value is -3.06. The van der Waals surface area contributed by atoms with E-state index >= 15 is 0 Å². The quantitative estimate of drug-likeness (QED) is 0.543. The minimum absolute atomic E-state index is 0.339. The van der Waals surface area contributed by atoms with E-state index < -0.39 is 12.0 Å². The van der Waals surface area contributed by atoms with Gasteiger partial charge in [-0.1, -0.05) is 30.3 Å². The Kier molecular flexibility index (Phi) is 6.05. The Morgan fingerprint density at radius 2 is 1.85 bits per heavy atom. The molecule has 2 heterocycles. The highest BCUT2D eigenvalue weighted by Gasteiger charge is 2.18. The number of imidazole rings is 1. The van der Waals surface area contributed by atoms with Gasteiger partial charge in [-0.25, -0.2) is 15.0 Å². The average molecular weight is 351 g/mol. The first kappa shape index (κ1) is 17.8. The molecule has 3 aromatic rings. The Morgan fingerprint density at radius 1 is 1.08 bits per heavy atom. The molecule has 0 amide bonds. The number of nitrogens with one attached hydrogen (secondary N) is 2. The van der Waals surface area contributed by atoms with Gasteiger partial charge in [0.2, 0.25) is 0 Å². The van der Waals surface area contributed by atoms with Crippen LogP contribution in [0.5, 0.6) is 0 Å². The number of benzene rings is 1. The lowest BCUT2D eigenvalue weighted by molar-refractivity contribution is -0.139. The van der Waals surface area contributed by atoms with Crippen molar-refractivity contribution >= 4 is 5.97 Å². The van der Waals surface area contributed by atoms with Crippen LogP contribution in [0.3, 0.4) is 0 Å². The minimum atomic E-state index is -0.903. The number of carbonyl (C=O) groups is 1. The van der Waals surface area contributed by atoms with Crippen LogP contribution in [-0.2, 0) is 30.6 Å². The maximum atomic E-state index is 11.4. The fourth-order valence-corrected chi connectivity index (χ4v) is 2.61. The number of H-pyrrole nitrogens is 1. The predicted octanol–water partition coefficient (Wildman–Crippen LogP) is 1.77. The summed E-state index contributed by atoms with van der Waals surface area (Å²) in [4.78, 5) is 27.0. The molecule has 1 aromatic carbocycles. The van der Waals surface area contributed by atoms with Crippen LogP contribution in [0.15, 0.2) is 55.2 Å². The first-order chi connectivity index (χ1) is 12.7. The highest BCUT2D eigenvalue weighted by Crippen LogP contribution is 2.05. The summed E-state index contributed by atoms with van der Waals surface area (Å²) in [5.41, 5.74) is 2.88. The van der Waals surface area contributed by atoms with Crippen molar-refractivity contribution in [3.8, 4) is 0 Å². The summed E-state index contributed by atoms with van der Waals surface area (Å²) in [7, 11) is 0. The van der Waals surface area contributed by atoms with Gasteiger partial charge in [-0.3, -0.25) is 10.1 Å². The summed E-state index contributed by atoms with van der Waals surface area (Å²) in [5.74, 6) is -0.121. The highest BCUT2D eigenvalue weighted by atomic mass is 16.4. The van der Waals surface area contributed by atoms with Crippen molar-refractivity contribution in [2.45, 2.75) is 31.8 Å². The number of hydrogen-bond donors (Lipinski definition) is 3. The number of nitrogens with zero attached hydrogens (tertiary/aromatic N) is 3. The zero-order valence-electron chi connectivity index (χ0n) is 14.3. The molecule has 0 aliphatic rings. The first-order valence-corrected chi connectivity index (χ1v) is 8.48. The average Bonchev–Trinajstić information content (AvgIpc) is 3.18. The standard InChI is InChI=1S/C19H21N5O2/c25-19(26)17(8-16-12-20-13-24-16)21-9-15-10-22-18(23-11-15)7-6-14-4-2-1-3-5-14/h1-5,10-13,17,21H,6-9H2,(H,20,24)(H,25,26)/t17-/m0/s1. The Labute approximate surface area is 151 Å². The molecule has 7 nitrogen and oxygen atoms in total. The molecule has 26 heavy (non-hydrogen) atoms. The molecule has 0 saturated heterocycles. The van der Waals surface area contributed by atoms with Crippen molar-refractivity contribution < 1.29 is 9.90 Å². The number of rotatable bonds is 9. The highest BCUT2D eigenvalue weighted by molar-refractivity contribution is 5.73. The normalized spacial score (nSPS) is 12.0. The molecule has 0 radical (unpaired) electrons. The molecule has 0 bridgehead atoms. The third kappa shape index (κ3) is 5.22. The second-order valence-electron chi connectivity index (χ2n) is 6.05. The monoisotopic (exact) mass is 351 g/mol. The van der Waals surface area contributed by atoms with Crippen LogP contribution in [0.4, 0.5) is 0 Å². The number of hydrogen-bond acceptors (Lipinski definition) is 5. The third-order valence-electron chi connectivity index (χ3n) is 4.07. The van der Waals surface area contributed by atoms with Crippen molar-refractivity contribution in [2.24, 2.45) is 0 Å². The lowest BCUT2D eigenvalue weighted by Gasteiger charge is -2.13. The Balaban J connectivity index is 1.50. The van der Waals surface area contributed by atoms with Gasteiger partial charge >= 0.3 is 5.97 Å². The summed E-state index contributed by atoms with van der Waals surface area (Å²) < 4.78 is 0. The lowest BCUT2D eigenvalue weighted by Crippen LogP contribution is -2.38. The molecule has 3 N–H and O–H groups in total. The number of aromatic amines is 1. The van der Waals surface area contributed by atoms with Gasteiger partial charge in [0.1, 0.15) is 11.9 Å². The number of carboxylic acids is 1. The molecule has 134 valence electrons. The van der Waals surface area contributed by atoms with E-state index in [1.807, 2.05) is 18.2 Å². The van der Waals surface area contributed by atoms with Crippen LogP contribution in [0.2, 0.25) is 0 Å². The second kappa shape index (κ2) is 8.87. The predicted molar refractivity (Wildman–Crippen MR) is 96.4 cm³/mol. The first-order valence-electron chi connectivity index (χ1n) is 8.48. The third-order valence-corrected chi connectivity index (χ3v) is 4.07. The van der Waals surface area contributed by atoms with Crippen LogP contribution < -0.4 is 5.32 Å². The van der Waals surface area contributed by atoms with Gasteiger partial charge < -0.3 is 10.1 Å². The number of aryl methyl sites for hydroxylation is 2. The molecular formula is C19H21N5O2. The second-order valence-corrected chi connectivity index (χ2v) is 6.05. The van der Waals surface area contributed by atoms with Crippen molar-refractivity contribution in [3.63, 3.8) is 0 Å². The summed E-state index contributed by atoms with van der Waals surface area (Å²) in [6, 6.07) is 9.51. The van der Waals surface area contributed by atoms with Gasteiger partial charge in [0.25, 0.3) is 0 Å². The van der Waals surface area contributed by atoms with E-state index in [4.69, 9.17) is 0 Å². The zero-order valence-corrected chi connectivity index (χ0v) is 14.3. The van der Waals surface area contributed by atoms with E-state index in [9.17, 15) is 9.90 Å². The fourth-order valence-electron chi connectivity index (χ4n) is 2.61. The Bertz CT molecular complexity index is 804. The molecule has 2 aromatic heterocycles. The van der Waals surface area contributed by atoms with Gasteiger partial charge in [-0.15, -0.1) is 0 Å². The van der Waals surface area contributed by atoms with E-state index in [1.165, 1.54) is 11.9 Å². The molecule has 3 rings (SSSR count). The smallest absolute Gasteiger partial charge is 0.321 e. The maximum absolute atomic E-state index is 11.4. The van der Waals surface area contributed by atoms with Crippen LogP contribution >= 0.6 is 0 Å². The Morgan fingerprint density at radius 3 is 2.50 bits per heavy atom. The molecule has 0 unspecified atom stereocenters. The maximum Gasteiger partial charge on any atom is 0.321 e. The molecule has 0 aliphatic carbocycles. The number of aliphatic carboxylic acids is 1. The van der Waals surface area contributed by atoms with E-state index in [1.54, 1.807) is 18.6 Å². The van der Waals surface area contributed by atoms with E-state index in [2.05, 4.69) is 37.4 Å². The number of carboxylic acid groups (broad SMARTS) is 1. The van der Waals surface area contributed by atoms with E-state index in [-0.39, 0.29) is 0 Å². The summed E-state index contributed by atoms with van der Waals surface area (Å²) in [6.07, 6.45) is 8.66. The summed E-state index contributed by atoms with van der Waals surface area (Å²) in [6.45, 7) is 0.393. The molecule has 0 fully saturated rings. The van der Waals surface area contributed by atoms with Crippen LogP contribution in [0.25, 0.3) is 0 Å².